The van der Waals surface area contributed by atoms with Crippen LogP contribution in [0.2, 0.25) is 0 Å². The zero-order chi connectivity index (χ0) is 12.6. The van der Waals surface area contributed by atoms with Crippen molar-refractivity contribution >= 4 is 16.4 Å². The minimum atomic E-state index is -3.27. The lowest BCUT2D eigenvalue weighted by Crippen LogP contribution is -2.55. The van der Waals surface area contributed by atoms with Gasteiger partial charge in [0.2, 0.25) is 4.90 Å². The minimum absolute atomic E-state index is 0.124. The number of hydrogen-bond acceptors (Lipinski definition) is 2. The topological polar surface area (TPSA) is 77.8 Å². The van der Waals surface area contributed by atoms with Gasteiger partial charge in [0.05, 0.1) is 19.0 Å². The molecule has 92 valence electrons. The Labute approximate surface area is 100 Å². The fourth-order valence-electron chi connectivity index (χ4n) is 1.73. The van der Waals surface area contributed by atoms with Crippen LogP contribution in [0.4, 0.5) is 0 Å². The molecule has 2 rings (SSSR count). The highest BCUT2D eigenvalue weighted by molar-refractivity contribution is 7.95. The van der Waals surface area contributed by atoms with Crippen molar-refractivity contribution in [1.82, 2.24) is 4.31 Å². The first-order valence-electron chi connectivity index (χ1n) is 5.22. The van der Waals surface area contributed by atoms with Crippen LogP contribution in [-0.2, 0) is 19.4 Å². The molecule has 1 unspecified atom stereocenters. The van der Waals surface area contributed by atoms with Gasteiger partial charge in [-0.25, -0.2) is 0 Å². The lowest BCUT2D eigenvalue weighted by molar-refractivity contribution is -0.145. The number of carboxylic acid groups (broad SMARTS) is 1. The van der Waals surface area contributed by atoms with Crippen LogP contribution in [0.1, 0.15) is 5.56 Å². The SMILES string of the molecule is Cc1cccc([S+](=O)(O)N2CC(C(=O)O)C2)c1. The highest BCUT2D eigenvalue weighted by Crippen LogP contribution is 2.29. The summed E-state index contributed by atoms with van der Waals surface area (Å²) in [5.41, 5.74) is 0.902. The molecular weight excluding hydrogens is 242 g/mol. The number of aliphatic carboxylic acids is 1. The number of nitrogens with zero attached hydrogens (tertiary/aromatic N) is 1. The van der Waals surface area contributed by atoms with Crippen LogP contribution in [0.5, 0.6) is 0 Å². The second-order valence-corrected chi connectivity index (χ2v) is 6.18. The standard InChI is InChI=1S/C11H13NO4S/c1-8-3-2-4-10(5-8)17(15,16)12-6-9(7-12)11(13)14/h2-5,9H,6-7H2,1H3,(H-,13,14,15,16)/p+1. The highest BCUT2D eigenvalue weighted by Gasteiger charge is 2.49. The van der Waals surface area contributed by atoms with Crippen molar-refractivity contribution in [3.63, 3.8) is 0 Å². The average Bonchev–Trinajstić information content (AvgIpc) is 2.13. The monoisotopic (exact) mass is 256 g/mol. The molecule has 1 fully saturated rings. The molecule has 17 heavy (non-hydrogen) atoms. The summed E-state index contributed by atoms with van der Waals surface area (Å²) < 4.78 is 23.5. The number of carboxylic acids is 1. The molecule has 1 aromatic rings. The number of aryl methyl sites for hydroxylation is 1. The van der Waals surface area contributed by atoms with Crippen LogP contribution >= 0.6 is 0 Å². The van der Waals surface area contributed by atoms with Crippen molar-refractivity contribution in [2.45, 2.75) is 11.8 Å². The van der Waals surface area contributed by atoms with E-state index < -0.39 is 22.3 Å². The van der Waals surface area contributed by atoms with Gasteiger partial charge in [0.25, 0.3) is 0 Å². The van der Waals surface area contributed by atoms with Gasteiger partial charge in [-0.05, 0) is 22.8 Å². The largest absolute Gasteiger partial charge is 0.481 e. The molecule has 0 spiro atoms. The van der Waals surface area contributed by atoms with Gasteiger partial charge in [-0.2, -0.15) is 4.55 Å². The summed E-state index contributed by atoms with van der Waals surface area (Å²) >= 11 is 0. The molecule has 1 aliphatic heterocycles. The van der Waals surface area contributed by atoms with Crippen LogP contribution in [0, 0.1) is 12.8 Å². The summed E-state index contributed by atoms with van der Waals surface area (Å²) in [6.07, 6.45) is 0. The van der Waals surface area contributed by atoms with Gasteiger partial charge in [-0.15, -0.1) is 0 Å². The maximum atomic E-state index is 12.2. The Balaban J connectivity index is 2.16. The van der Waals surface area contributed by atoms with E-state index in [1.165, 1.54) is 4.31 Å². The predicted octanol–water partition coefficient (Wildman–Crippen LogP) is 1.26. The maximum absolute atomic E-state index is 12.2. The zero-order valence-corrected chi connectivity index (χ0v) is 10.2. The van der Waals surface area contributed by atoms with E-state index in [1.807, 2.05) is 13.0 Å². The third-order valence-corrected chi connectivity index (χ3v) is 4.71. The average molecular weight is 256 g/mol. The first-order chi connectivity index (χ1) is 7.91. The van der Waals surface area contributed by atoms with Crippen LogP contribution in [0.15, 0.2) is 29.2 Å². The molecule has 0 aliphatic carbocycles. The molecule has 1 saturated heterocycles. The van der Waals surface area contributed by atoms with E-state index in [-0.39, 0.29) is 13.1 Å². The zero-order valence-electron chi connectivity index (χ0n) is 9.37. The molecule has 2 N–H and O–H groups in total. The van der Waals surface area contributed by atoms with Gasteiger partial charge in [0, 0.05) is 6.07 Å². The van der Waals surface area contributed by atoms with Gasteiger partial charge in [-0.3, -0.25) is 4.79 Å². The molecule has 0 aromatic heterocycles. The van der Waals surface area contributed by atoms with Gasteiger partial charge in [0.15, 0.2) is 0 Å². The lowest BCUT2D eigenvalue weighted by Gasteiger charge is -2.32. The Hall–Kier alpha value is -1.24. The minimum Gasteiger partial charge on any atom is -0.481 e. The Morgan fingerprint density at radius 3 is 2.65 bits per heavy atom. The van der Waals surface area contributed by atoms with Gasteiger partial charge < -0.3 is 5.11 Å². The highest BCUT2D eigenvalue weighted by atomic mass is 32.3. The van der Waals surface area contributed by atoms with E-state index in [9.17, 15) is 13.6 Å². The van der Waals surface area contributed by atoms with Crippen molar-refractivity contribution in [2.24, 2.45) is 5.92 Å². The quantitative estimate of drug-likeness (QED) is 0.798. The van der Waals surface area contributed by atoms with Crippen molar-refractivity contribution in [3.8, 4) is 0 Å². The summed E-state index contributed by atoms with van der Waals surface area (Å²) in [6, 6.07) is 6.80. The summed E-state index contributed by atoms with van der Waals surface area (Å²) in [5.74, 6) is -1.45. The number of rotatable bonds is 3. The van der Waals surface area contributed by atoms with Gasteiger partial charge in [-0.1, -0.05) is 16.4 Å². The molecule has 0 bridgehead atoms. The molecule has 1 aliphatic rings. The van der Waals surface area contributed by atoms with Crippen LogP contribution in [0.25, 0.3) is 0 Å². The van der Waals surface area contributed by atoms with Crippen LogP contribution in [0.3, 0.4) is 0 Å². The Morgan fingerprint density at radius 1 is 1.47 bits per heavy atom. The summed E-state index contributed by atoms with van der Waals surface area (Å²) in [4.78, 5) is 11.0. The van der Waals surface area contributed by atoms with Gasteiger partial charge in [0.1, 0.15) is 0 Å². The van der Waals surface area contributed by atoms with Crippen molar-refractivity contribution in [2.75, 3.05) is 13.1 Å². The molecular formula is C11H14NO4S+. The Morgan fingerprint density at radius 2 is 2.12 bits per heavy atom. The molecule has 1 heterocycles. The summed E-state index contributed by atoms with van der Waals surface area (Å²) in [6.45, 7) is 2.09. The second kappa shape index (κ2) is 4.21. The molecule has 0 radical (unpaired) electrons. The predicted molar refractivity (Wildman–Crippen MR) is 62.8 cm³/mol. The molecule has 0 amide bonds. The Bertz CT molecular complexity index is 496. The number of hydrogen-bond donors (Lipinski definition) is 2. The fourth-order valence-corrected chi connectivity index (χ4v) is 3.38. The third-order valence-electron chi connectivity index (χ3n) is 2.84. The van der Waals surface area contributed by atoms with Crippen LogP contribution in [-0.4, -0.2) is 33.0 Å². The first kappa shape index (κ1) is 12.2. The van der Waals surface area contributed by atoms with E-state index in [2.05, 4.69) is 0 Å². The maximum Gasteiger partial charge on any atom is 0.325 e. The lowest BCUT2D eigenvalue weighted by atomic mass is 10.0. The van der Waals surface area contributed by atoms with E-state index in [4.69, 9.17) is 5.11 Å². The summed E-state index contributed by atoms with van der Waals surface area (Å²) in [7, 11) is -3.27. The van der Waals surface area contributed by atoms with Gasteiger partial charge >= 0.3 is 16.4 Å². The Kier molecular flexibility index (Phi) is 3.03. The normalized spacial score (nSPS) is 20.6. The van der Waals surface area contributed by atoms with E-state index in [0.717, 1.165) is 5.56 Å². The second-order valence-electron chi connectivity index (χ2n) is 4.20. The van der Waals surface area contributed by atoms with E-state index in [1.54, 1.807) is 18.2 Å². The fraction of sp³-hybridized carbons (Fsp3) is 0.364. The van der Waals surface area contributed by atoms with Crippen LogP contribution < -0.4 is 0 Å². The smallest absolute Gasteiger partial charge is 0.325 e. The van der Waals surface area contributed by atoms with Crippen molar-refractivity contribution in [3.05, 3.63) is 29.8 Å². The molecule has 1 aromatic carbocycles. The number of carbonyl (C=O) groups is 1. The first-order valence-corrected chi connectivity index (χ1v) is 6.69. The third kappa shape index (κ3) is 2.24. The van der Waals surface area contributed by atoms with E-state index >= 15 is 0 Å². The number of benzene rings is 1. The van der Waals surface area contributed by atoms with E-state index in [0.29, 0.717) is 4.90 Å². The molecule has 0 saturated carbocycles. The molecule has 1 atom stereocenters. The molecule has 6 heteroatoms. The van der Waals surface area contributed by atoms with Crippen molar-refractivity contribution in [1.29, 1.82) is 0 Å². The van der Waals surface area contributed by atoms with Crippen molar-refractivity contribution < 1.29 is 18.7 Å². The summed E-state index contributed by atoms with van der Waals surface area (Å²) in [5, 5.41) is 8.73. The molecule has 5 nitrogen and oxygen atoms in total.